The maximum absolute atomic E-state index is 12.2. The Morgan fingerprint density at radius 3 is 2.62 bits per heavy atom. The monoisotopic (exact) mass is 316 g/mol. The van der Waals surface area contributed by atoms with Gasteiger partial charge in [0, 0.05) is 19.7 Å². The van der Waals surface area contributed by atoms with Crippen LogP contribution < -0.4 is 4.72 Å². The molecule has 2 N–H and O–H groups in total. The van der Waals surface area contributed by atoms with E-state index in [1.54, 1.807) is 0 Å². The number of nitrogens with one attached hydrogen (secondary N) is 1. The van der Waals surface area contributed by atoms with Crippen LogP contribution in [0, 0.1) is 10.1 Å². The van der Waals surface area contributed by atoms with E-state index >= 15 is 0 Å². The van der Waals surface area contributed by atoms with E-state index in [0.29, 0.717) is 0 Å². The predicted octanol–water partition coefficient (Wildman–Crippen LogP) is 1.15. The number of ether oxygens (including phenoxy) is 1. The minimum absolute atomic E-state index is 0.112. The van der Waals surface area contributed by atoms with Gasteiger partial charge in [0.15, 0.2) is 5.75 Å². The summed E-state index contributed by atoms with van der Waals surface area (Å²) >= 11 is 0. The van der Waals surface area contributed by atoms with Gasteiger partial charge in [0.25, 0.3) is 0 Å². The van der Waals surface area contributed by atoms with Crippen molar-refractivity contribution in [1.82, 2.24) is 4.72 Å². The number of sulfonamides is 1. The molecule has 1 saturated carbocycles. The van der Waals surface area contributed by atoms with E-state index in [2.05, 4.69) is 4.72 Å². The average molecular weight is 316 g/mol. The Balaban J connectivity index is 2.20. The molecular formula is C12H16N2O6S. The zero-order valence-electron chi connectivity index (χ0n) is 11.4. The van der Waals surface area contributed by atoms with Gasteiger partial charge in [0.2, 0.25) is 10.0 Å². The molecule has 1 aliphatic carbocycles. The fraction of sp³-hybridized carbons (Fsp3) is 0.500. The van der Waals surface area contributed by atoms with Crippen LogP contribution in [-0.4, -0.2) is 37.7 Å². The van der Waals surface area contributed by atoms with Gasteiger partial charge in [0.1, 0.15) is 0 Å². The molecule has 0 unspecified atom stereocenters. The maximum Gasteiger partial charge on any atom is 0.312 e. The number of hydrogen-bond donors (Lipinski definition) is 2. The standard InChI is InChI=1S/C12H16N2O6S/c1-20-12(5-2-6-12)8-13-21(18,19)9-3-4-11(15)10(7-9)14(16)17/h3-4,7,13,15H,2,5-6,8H2,1H3. The summed E-state index contributed by atoms with van der Waals surface area (Å²) in [5.74, 6) is -0.577. The molecule has 1 aliphatic rings. The number of nitro benzene ring substituents is 1. The highest BCUT2D eigenvalue weighted by Gasteiger charge is 2.38. The fourth-order valence-electron chi connectivity index (χ4n) is 2.15. The van der Waals surface area contributed by atoms with Gasteiger partial charge in [-0.25, -0.2) is 13.1 Å². The molecule has 0 amide bonds. The first-order valence-corrected chi connectivity index (χ1v) is 7.80. The number of nitro groups is 1. The summed E-state index contributed by atoms with van der Waals surface area (Å²) in [4.78, 5) is 9.63. The Hall–Kier alpha value is -1.71. The second-order valence-corrected chi connectivity index (χ2v) is 6.74. The largest absolute Gasteiger partial charge is 0.502 e. The van der Waals surface area contributed by atoms with Gasteiger partial charge in [-0.3, -0.25) is 10.1 Å². The molecule has 116 valence electrons. The van der Waals surface area contributed by atoms with Crippen molar-refractivity contribution in [2.45, 2.75) is 29.8 Å². The minimum Gasteiger partial charge on any atom is -0.502 e. The summed E-state index contributed by atoms with van der Waals surface area (Å²) in [5.41, 5.74) is -1.14. The van der Waals surface area contributed by atoms with E-state index in [4.69, 9.17) is 4.74 Å². The van der Waals surface area contributed by atoms with Crippen LogP contribution in [0.25, 0.3) is 0 Å². The molecule has 0 atom stereocenters. The molecule has 0 saturated heterocycles. The Kier molecular flexibility index (Phi) is 4.17. The lowest BCUT2D eigenvalue weighted by Gasteiger charge is -2.40. The van der Waals surface area contributed by atoms with Crippen molar-refractivity contribution in [3.63, 3.8) is 0 Å². The second kappa shape index (κ2) is 5.58. The molecular weight excluding hydrogens is 300 g/mol. The Bertz CT molecular complexity index is 648. The summed E-state index contributed by atoms with van der Waals surface area (Å²) in [6.45, 7) is 0.112. The second-order valence-electron chi connectivity index (χ2n) is 4.97. The topological polar surface area (TPSA) is 119 Å². The van der Waals surface area contributed by atoms with Gasteiger partial charge in [-0.15, -0.1) is 0 Å². The molecule has 2 rings (SSSR count). The normalized spacial score (nSPS) is 17.2. The molecule has 0 bridgehead atoms. The van der Waals surface area contributed by atoms with E-state index < -0.39 is 32.0 Å². The van der Waals surface area contributed by atoms with E-state index in [9.17, 15) is 23.6 Å². The number of rotatable bonds is 6. The van der Waals surface area contributed by atoms with Crippen molar-refractivity contribution in [1.29, 1.82) is 0 Å². The number of benzene rings is 1. The van der Waals surface area contributed by atoms with Crippen LogP contribution in [0.3, 0.4) is 0 Å². The van der Waals surface area contributed by atoms with Crippen LogP contribution in [0.2, 0.25) is 0 Å². The summed E-state index contributed by atoms with van der Waals surface area (Å²) in [7, 11) is -2.37. The SMILES string of the molecule is COC1(CNS(=O)(=O)c2ccc(O)c([N+](=O)[O-])c2)CCC1. The van der Waals surface area contributed by atoms with Crippen molar-refractivity contribution in [2.24, 2.45) is 0 Å². The number of nitrogens with zero attached hydrogens (tertiary/aromatic N) is 1. The number of phenols is 1. The third-order valence-corrected chi connectivity index (χ3v) is 5.13. The van der Waals surface area contributed by atoms with E-state index in [1.807, 2.05) is 0 Å². The zero-order valence-corrected chi connectivity index (χ0v) is 12.2. The molecule has 1 aromatic rings. The highest BCUT2D eigenvalue weighted by atomic mass is 32.2. The van der Waals surface area contributed by atoms with Crippen LogP contribution >= 0.6 is 0 Å². The summed E-state index contributed by atoms with van der Waals surface area (Å²) < 4.78 is 32.0. The molecule has 9 heteroatoms. The van der Waals surface area contributed by atoms with E-state index in [-0.39, 0.29) is 11.4 Å². The van der Waals surface area contributed by atoms with Gasteiger partial charge in [-0.05, 0) is 31.4 Å². The minimum atomic E-state index is -3.90. The number of methoxy groups -OCH3 is 1. The third-order valence-electron chi connectivity index (χ3n) is 3.74. The number of phenolic OH excluding ortho intramolecular Hbond substituents is 1. The zero-order chi connectivity index (χ0) is 15.7. The average Bonchev–Trinajstić information content (AvgIpc) is 2.37. The molecule has 1 fully saturated rings. The molecule has 1 aromatic carbocycles. The van der Waals surface area contributed by atoms with Crippen molar-refractivity contribution in [2.75, 3.05) is 13.7 Å². The van der Waals surface area contributed by atoms with Gasteiger partial charge < -0.3 is 9.84 Å². The van der Waals surface area contributed by atoms with Crippen molar-refractivity contribution in [3.8, 4) is 5.75 Å². The lowest BCUT2D eigenvalue weighted by atomic mass is 9.80. The van der Waals surface area contributed by atoms with Crippen LogP contribution in [0.5, 0.6) is 5.75 Å². The number of hydrogen-bond acceptors (Lipinski definition) is 6. The summed E-state index contributed by atoms with van der Waals surface area (Å²) in [6, 6.07) is 2.94. The van der Waals surface area contributed by atoms with Crippen molar-refractivity contribution < 1.29 is 23.2 Å². The van der Waals surface area contributed by atoms with Gasteiger partial charge in [-0.1, -0.05) is 0 Å². The van der Waals surface area contributed by atoms with Crippen molar-refractivity contribution >= 4 is 15.7 Å². The lowest BCUT2D eigenvalue weighted by Crippen LogP contribution is -2.49. The molecule has 0 radical (unpaired) electrons. The van der Waals surface area contributed by atoms with Gasteiger partial charge in [0.05, 0.1) is 15.4 Å². The molecule has 21 heavy (non-hydrogen) atoms. The highest BCUT2D eigenvalue weighted by Crippen LogP contribution is 2.35. The van der Waals surface area contributed by atoms with Crippen LogP contribution in [0.4, 0.5) is 5.69 Å². The van der Waals surface area contributed by atoms with E-state index in [0.717, 1.165) is 37.5 Å². The summed E-state index contributed by atoms with van der Waals surface area (Å²) in [6.07, 6.45) is 2.50. The van der Waals surface area contributed by atoms with E-state index in [1.165, 1.54) is 7.11 Å². The fourth-order valence-corrected chi connectivity index (χ4v) is 3.28. The first-order chi connectivity index (χ1) is 9.80. The molecule has 8 nitrogen and oxygen atoms in total. The quantitative estimate of drug-likeness (QED) is 0.600. The Morgan fingerprint density at radius 1 is 1.48 bits per heavy atom. The Labute approximate surface area is 121 Å². The molecule has 0 aromatic heterocycles. The number of aromatic hydroxyl groups is 1. The van der Waals surface area contributed by atoms with Crippen LogP contribution in [0.15, 0.2) is 23.1 Å². The first-order valence-electron chi connectivity index (χ1n) is 6.32. The molecule has 0 aliphatic heterocycles. The lowest BCUT2D eigenvalue weighted by molar-refractivity contribution is -0.386. The van der Waals surface area contributed by atoms with Crippen LogP contribution in [-0.2, 0) is 14.8 Å². The van der Waals surface area contributed by atoms with Gasteiger partial charge >= 0.3 is 5.69 Å². The summed E-state index contributed by atoms with van der Waals surface area (Å²) in [5, 5.41) is 20.1. The maximum atomic E-state index is 12.2. The molecule has 0 spiro atoms. The predicted molar refractivity (Wildman–Crippen MR) is 73.5 cm³/mol. The van der Waals surface area contributed by atoms with Crippen LogP contribution in [0.1, 0.15) is 19.3 Å². The first kappa shape index (κ1) is 15.7. The van der Waals surface area contributed by atoms with Crippen molar-refractivity contribution in [3.05, 3.63) is 28.3 Å². The Morgan fingerprint density at radius 2 is 2.14 bits per heavy atom. The molecule has 0 heterocycles. The smallest absolute Gasteiger partial charge is 0.312 e. The highest BCUT2D eigenvalue weighted by molar-refractivity contribution is 7.89. The van der Waals surface area contributed by atoms with Gasteiger partial charge in [-0.2, -0.15) is 0 Å². The third kappa shape index (κ3) is 3.14.